The van der Waals surface area contributed by atoms with Crippen molar-refractivity contribution in [3.8, 4) is 0 Å². The van der Waals surface area contributed by atoms with E-state index in [0.29, 0.717) is 18.4 Å². The Morgan fingerprint density at radius 1 is 1.23 bits per heavy atom. The molecule has 1 fully saturated rings. The van der Waals surface area contributed by atoms with E-state index in [1.54, 1.807) is 19.1 Å². The molecule has 0 saturated carbocycles. The van der Waals surface area contributed by atoms with E-state index < -0.39 is 28.7 Å². The minimum absolute atomic E-state index is 0.125. The van der Waals surface area contributed by atoms with Gasteiger partial charge in [-0.1, -0.05) is 63.2 Å². The molecule has 0 unspecified atom stereocenters. The van der Waals surface area contributed by atoms with E-state index in [2.05, 4.69) is 11.9 Å². The van der Waals surface area contributed by atoms with Crippen LogP contribution in [0, 0.1) is 18.2 Å². The van der Waals surface area contributed by atoms with Crippen LogP contribution < -0.4 is 5.32 Å². The summed E-state index contributed by atoms with van der Waals surface area (Å²) in [5, 5.41) is 13.3. The first kappa shape index (κ1) is 26.3. The van der Waals surface area contributed by atoms with E-state index >= 15 is 0 Å². The lowest BCUT2D eigenvalue weighted by molar-refractivity contribution is -0.0613. The van der Waals surface area contributed by atoms with Crippen LogP contribution in [0.25, 0.3) is 0 Å². The third kappa shape index (κ3) is 5.34. The van der Waals surface area contributed by atoms with Crippen LogP contribution in [0.3, 0.4) is 0 Å². The van der Waals surface area contributed by atoms with E-state index in [1.807, 2.05) is 51.1 Å². The van der Waals surface area contributed by atoms with Gasteiger partial charge >= 0.3 is 12.2 Å². The number of benzene rings is 2. The van der Waals surface area contributed by atoms with Gasteiger partial charge in [-0.05, 0) is 60.4 Å². The number of aryl methyl sites for hydroxylation is 1. The zero-order chi connectivity index (χ0) is 25.9. The van der Waals surface area contributed by atoms with Gasteiger partial charge < -0.3 is 15.2 Å². The summed E-state index contributed by atoms with van der Waals surface area (Å²) < 4.78 is 19.6. The van der Waals surface area contributed by atoms with Crippen LogP contribution in [0.2, 0.25) is 0 Å². The fraction of sp³-hybridized carbons (Fsp3) is 0.429. The maximum absolute atomic E-state index is 14.0. The Kier molecular flexibility index (Phi) is 7.58. The third-order valence-corrected chi connectivity index (χ3v) is 7.09. The maximum atomic E-state index is 14.0. The van der Waals surface area contributed by atoms with Crippen LogP contribution >= 0.6 is 0 Å². The Labute approximate surface area is 206 Å². The van der Waals surface area contributed by atoms with E-state index in [0.717, 1.165) is 11.1 Å². The van der Waals surface area contributed by atoms with Crippen molar-refractivity contribution >= 4 is 12.2 Å². The van der Waals surface area contributed by atoms with Crippen molar-refractivity contribution in [2.24, 2.45) is 5.41 Å². The van der Waals surface area contributed by atoms with Gasteiger partial charge in [0.15, 0.2) is 0 Å². The molecule has 2 aromatic carbocycles. The molecule has 35 heavy (non-hydrogen) atoms. The molecular weight excluding hydrogens is 447 g/mol. The van der Waals surface area contributed by atoms with Gasteiger partial charge in [0.1, 0.15) is 12.4 Å². The Morgan fingerprint density at radius 2 is 1.91 bits per heavy atom. The molecule has 0 aliphatic carbocycles. The van der Waals surface area contributed by atoms with Crippen molar-refractivity contribution in [1.29, 1.82) is 0 Å². The molecule has 0 bridgehead atoms. The molecule has 1 heterocycles. The van der Waals surface area contributed by atoms with Crippen molar-refractivity contribution in [1.82, 2.24) is 10.2 Å². The number of hydrogen-bond acceptors (Lipinski definition) is 3. The Hall–Kier alpha value is -3.35. The minimum Gasteiger partial charge on any atom is -0.465 e. The molecule has 2 amide bonds. The SMILES string of the molecule is C=CC[C@]1(NC(=O)OCc2ccccc2)CCN(C(=O)O)[C@@](c2ccc(F)cc2C)(C(C)(C)C)C1. The summed E-state index contributed by atoms with van der Waals surface area (Å²) in [4.78, 5) is 26.9. The smallest absolute Gasteiger partial charge is 0.408 e. The topological polar surface area (TPSA) is 78.9 Å². The predicted molar refractivity (Wildman–Crippen MR) is 134 cm³/mol. The second kappa shape index (κ2) is 10.1. The number of hydrogen-bond donors (Lipinski definition) is 2. The molecule has 0 radical (unpaired) electrons. The van der Waals surface area contributed by atoms with E-state index in [4.69, 9.17) is 4.74 Å². The number of alkyl carbamates (subject to hydrolysis) is 1. The first-order chi connectivity index (χ1) is 16.4. The highest BCUT2D eigenvalue weighted by atomic mass is 19.1. The number of piperidine rings is 1. The molecule has 1 saturated heterocycles. The predicted octanol–water partition coefficient (Wildman–Crippen LogP) is 6.39. The Morgan fingerprint density at radius 3 is 2.49 bits per heavy atom. The maximum Gasteiger partial charge on any atom is 0.408 e. The highest BCUT2D eigenvalue weighted by molar-refractivity contribution is 5.70. The van der Waals surface area contributed by atoms with Crippen molar-refractivity contribution in [2.45, 2.75) is 64.6 Å². The van der Waals surface area contributed by atoms with Crippen LogP contribution in [0.1, 0.15) is 56.7 Å². The zero-order valence-corrected chi connectivity index (χ0v) is 20.9. The van der Waals surface area contributed by atoms with Gasteiger partial charge in [0, 0.05) is 6.54 Å². The summed E-state index contributed by atoms with van der Waals surface area (Å²) in [6.45, 7) is 11.9. The monoisotopic (exact) mass is 482 g/mol. The summed E-state index contributed by atoms with van der Waals surface area (Å²) in [6, 6.07) is 13.8. The number of likely N-dealkylation sites (tertiary alicyclic amines) is 1. The molecule has 0 aromatic heterocycles. The molecular formula is C28H35FN2O4. The fourth-order valence-corrected chi connectivity index (χ4v) is 5.44. The molecule has 0 spiro atoms. The largest absolute Gasteiger partial charge is 0.465 e. The van der Waals surface area contributed by atoms with Gasteiger partial charge in [-0.15, -0.1) is 6.58 Å². The minimum atomic E-state index is -1.05. The number of nitrogens with zero attached hydrogens (tertiary/aromatic N) is 1. The number of carbonyl (C=O) groups is 2. The molecule has 188 valence electrons. The molecule has 2 atom stereocenters. The number of carboxylic acid groups (broad SMARTS) is 1. The lowest BCUT2D eigenvalue weighted by Crippen LogP contribution is -2.67. The summed E-state index contributed by atoms with van der Waals surface area (Å²) >= 11 is 0. The number of nitrogens with one attached hydrogen (secondary N) is 1. The van der Waals surface area contributed by atoms with Gasteiger partial charge in [-0.3, -0.25) is 4.90 Å². The van der Waals surface area contributed by atoms with Crippen LogP contribution in [-0.2, 0) is 16.9 Å². The molecule has 6 nitrogen and oxygen atoms in total. The van der Waals surface area contributed by atoms with Gasteiger partial charge in [0.25, 0.3) is 0 Å². The number of rotatable bonds is 6. The van der Waals surface area contributed by atoms with Gasteiger partial charge in [0.05, 0.1) is 11.1 Å². The van der Waals surface area contributed by atoms with Crippen LogP contribution in [0.5, 0.6) is 0 Å². The quantitative estimate of drug-likeness (QED) is 0.468. The Balaban J connectivity index is 2.03. The normalized spacial score (nSPS) is 22.4. The first-order valence-corrected chi connectivity index (χ1v) is 11.8. The second-order valence-corrected chi connectivity index (χ2v) is 10.4. The van der Waals surface area contributed by atoms with Crippen LogP contribution in [-0.4, -0.2) is 34.3 Å². The number of carbonyl (C=O) groups excluding carboxylic acids is 1. The fourth-order valence-electron chi connectivity index (χ4n) is 5.44. The molecule has 7 heteroatoms. The first-order valence-electron chi connectivity index (χ1n) is 11.8. The molecule has 1 aliphatic rings. The molecule has 3 rings (SSSR count). The van der Waals surface area contributed by atoms with Crippen LogP contribution in [0.15, 0.2) is 61.2 Å². The second-order valence-electron chi connectivity index (χ2n) is 10.4. The highest BCUT2D eigenvalue weighted by Gasteiger charge is 2.58. The average molecular weight is 483 g/mol. The average Bonchev–Trinajstić information content (AvgIpc) is 2.77. The standard InChI is InChI=1S/C28H35FN2O4/c1-6-14-27(30-24(32)35-18-21-10-8-7-9-11-21)15-16-31(25(33)34)28(19-27,26(3,4)5)23-13-12-22(29)17-20(23)2/h6-13,17H,1,14-16,18-19H2,2-5H3,(H,30,32)(H,33,34)/t27-,28-/m0/s1. The van der Waals surface area contributed by atoms with E-state index in [-0.39, 0.29) is 25.4 Å². The molecule has 2 N–H and O–H groups in total. The van der Waals surface area contributed by atoms with Crippen molar-refractivity contribution < 1.29 is 23.8 Å². The van der Waals surface area contributed by atoms with E-state index in [9.17, 15) is 19.1 Å². The lowest BCUT2D eigenvalue weighted by atomic mass is 9.59. The van der Waals surface area contributed by atoms with Gasteiger partial charge in [-0.25, -0.2) is 14.0 Å². The summed E-state index contributed by atoms with van der Waals surface area (Å²) in [5.41, 5.74) is -0.169. The highest BCUT2D eigenvalue weighted by Crippen LogP contribution is 2.54. The van der Waals surface area contributed by atoms with E-state index in [1.165, 1.54) is 17.0 Å². The van der Waals surface area contributed by atoms with Gasteiger partial charge in [0.2, 0.25) is 0 Å². The number of amides is 2. The molecule has 1 aliphatic heterocycles. The lowest BCUT2D eigenvalue weighted by Gasteiger charge is -2.59. The number of halogens is 1. The third-order valence-electron chi connectivity index (χ3n) is 7.09. The number of ether oxygens (including phenoxy) is 1. The summed E-state index contributed by atoms with van der Waals surface area (Å²) in [6.07, 6.45) is 1.22. The zero-order valence-electron chi connectivity index (χ0n) is 20.9. The van der Waals surface area contributed by atoms with Crippen LogP contribution in [0.4, 0.5) is 14.0 Å². The van der Waals surface area contributed by atoms with Gasteiger partial charge in [-0.2, -0.15) is 0 Å². The molecule has 2 aromatic rings. The van der Waals surface area contributed by atoms with Crippen molar-refractivity contribution in [3.05, 3.63) is 83.7 Å². The van der Waals surface area contributed by atoms with Crippen molar-refractivity contribution in [2.75, 3.05) is 6.54 Å². The Bertz CT molecular complexity index is 1080. The summed E-state index contributed by atoms with van der Waals surface area (Å²) in [7, 11) is 0. The summed E-state index contributed by atoms with van der Waals surface area (Å²) in [5.74, 6) is -0.382. The van der Waals surface area contributed by atoms with Crippen molar-refractivity contribution in [3.63, 3.8) is 0 Å².